The molecule has 294 valence electrons. The minimum Gasteiger partial charge on any atom is -0.748 e. The van der Waals surface area contributed by atoms with Gasteiger partial charge < -0.3 is 23.9 Å². The molecule has 16 nitrogen and oxygen atoms in total. The van der Waals surface area contributed by atoms with Gasteiger partial charge in [-0.3, -0.25) is 14.6 Å². The molecule has 0 spiro atoms. The first-order valence-corrected chi connectivity index (χ1v) is 21.5. The number of carboxylic acid groups (broad SMARTS) is 2. The summed E-state index contributed by atoms with van der Waals surface area (Å²) in [6.07, 6.45) is 9.98. The standard InChI is InChI=1S/C34H47N3O13S3.2Na/c1-25-33(2,19-17-32(40)41)30(37(35-25)21-11-23-52(45,46)47)13-7-4-6-12-29-34(3,18-10-22-51(42,43)44)27-24-26(53(48,49)50)15-16-28(27)36(29)20-9-5-8-14-31(38)39;;/h4,6-7,12-13,15-16,24H,5,8-11,14,17-23H2,1-3H3,(H4-,38,39,40,41,42,43,44,45,46,47,48,49,50);;/q;2*+1/p-2. The molecule has 21 heteroatoms. The number of nitrogens with zero attached hydrogens (tertiary/aromatic N) is 3. The van der Waals surface area contributed by atoms with Crippen LogP contribution in [0.15, 0.2) is 64.3 Å². The summed E-state index contributed by atoms with van der Waals surface area (Å²) in [5, 5.41) is 24.5. The number of hydrogen-bond acceptors (Lipinski definition) is 13. The first-order chi connectivity index (χ1) is 24.5. The molecule has 2 aliphatic rings. The van der Waals surface area contributed by atoms with E-state index in [1.54, 1.807) is 49.2 Å². The third kappa shape index (κ3) is 14.9. The second-order valence-electron chi connectivity index (χ2n) is 13.5. The molecule has 0 radical (unpaired) electrons. The molecule has 1 aromatic carbocycles. The molecule has 0 amide bonds. The molecule has 55 heavy (non-hydrogen) atoms. The van der Waals surface area contributed by atoms with Crippen LogP contribution in [0.4, 0.5) is 5.69 Å². The van der Waals surface area contributed by atoms with Crippen molar-refractivity contribution in [2.75, 3.05) is 24.6 Å². The number of carboxylic acids is 2. The molecule has 0 aromatic heterocycles. The number of hydrogen-bond donors (Lipinski definition) is 2. The fraction of sp³-hybridized carbons (Fsp3) is 0.529. The Bertz CT molecular complexity index is 2070. The van der Waals surface area contributed by atoms with E-state index in [1.165, 1.54) is 18.2 Å². The SMILES string of the molecule is CC1=NN(CCCS(=O)(=O)[O-])/C(=C/C=C/C=C/C2=[N+](CCCCCC(=O)O)c3ccc(S(=O)(=O)[O-])cc3C2(C)CCCS(=O)(=O)[O-])C1(C)CCC(=O)O.[Na+].[Na+]. The van der Waals surface area contributed by atoms with Gasteiger partial charge in [0.15, 0.2) is 5.71 Å². The van der Waals surface area contributed by atoms with Crippen LogP contribution in [0.25, 0.3) is 0 Å². The predicted molar refractivity (Wildman–Crippen MR) is 192 cm³/mol. The summed E-state index contributed by atoms with van der Waals surface area (Å²) in [5.41, 5.74) is 0.932. The normalized spacial score (nSPS) is 20.9. The molecule has 2 aliphatic heterocycles. The van der Waals surface area contributed by atoms with Gasteiger partial charge >= 0.3 is 71.1 Å². The Morgan fingerprint density at radius 1 is 0.818 bits per heavy atom. The summed E-state index contributed by atoms with van der Waals surface area (Å²) >= 11 is 0. The maximum absolute atomic E-state index is 12.0. The maximum atomic E-state index is 12.0. The minimum absolute atomic E-state index is 0. The van der Waals surface area contributed by atoms with E-state index < -0.39 is 69.5 Å². The first kappa shape index (κ1) is 51.3. The zero-order chi connectivity index (χ0) is 39.8. The van der Waals surface area contributed by atoms with Gasteiger partial charge in [-0.15, -0.1) is 0 Å². The molecule has 3 rings (SSSR count). The number of fused-ring (bicyclic) bond motifs is 1. The molecule has 2 N–H and O–H groups in total. The topological polar surface area (TPSA) is 265 Å². The van der Waals surface area contributed by atoms with E-state index >= 15 is 0 Å². The second-order valence-corrected chi connectivity index (χ2v) is 17.9. The van der Waals surface area contributed by atoms with Gasteiger partial charge in [-0.2, -0.15) is 9.68 Å². The van der Waals surface area contributed by atoms with E-state index in [0.29, 0.717) is 54.2 Å². The molecule has 0 fully saturated rings. The predicted octanol–water partition coefficient (Wildman–Crippen LogP) is -2.58. The summed E-state index contributed by atoms with van der Waals surface area (Å²) in [7, 11) is -13.9. The number of hydrazone groups is 1. The number of benzene rings is 1. The molecular formula is C34H45N3Na2O13S3. The summed E-state index contributed by atoms with van der Waals surface area (Å²) in [6.45, 7) is 5.76. The Hall–Kier alpha value is -1.75. The smallest absolute Gasteiger partial charge is 0.748 e. The van der Waals surface area contributed by atoms with E-state index in [0.717, 1.165) is 0 Å². The van der Waals surface area contributed by atoms with Crippen LogP contribution in [0.3, 0.4) is 0 Å². The van der Waals surface area contributed by atoms with E-state index in [-0.39, 0.29) is 104 Å². The van der Waals surface area contributed by atoms with Crippen molar-refractivity contribution < 1.29 is 122 Å². The quantitative estimate of drug-likeness (QED) is 0.0424. The number of carbonyl (C=O) groups is 2. The van der Waals surface area contributed by atoms with Crippen LogP contribution in [-0.4, -0.2) is 107 Å². The van der Waals surface area contributed by atoms with Gasteiger partial charge in [0.05, 0.1) is 30.5 Å². The maximum Gasteiger partial charge on any atom is 1.00 e. The minimum atomic E-state index is -4.86. The molecular weight excluding hydrogens is 801 g/mol. The number of aliphatic carboxylic acids is 2. The van der Waals surface area contributed by atoms with E-state index in [2.05, 4.69) is 5.10 Å². The summed E-state index contributed by atoms with van der Waals surface area (Å²) in [5.74, 6) is -3.21. The van der Waals surface area contributed by atoms with Crippen molar-refractivity contribution in [3.8, 4) is 0 Å². The third-order valence-corrected chi connectivity index (χ3v) is 12.0. The van der Waals surface area contributed by atoms with Crippen molar-refractivity contribution in [2.45, 2.75) is 88.9 Å². The van der Waals surface area contributed by atoms with Crippen LogP contribution in [-0.2, 0) is 45.4 Å². The average molecular weight is 846 g/mol. The zero-order valence-corrected chi connectivity index (χ0v) is 38.2. The van der Waals surface area contributed by atoms with Crippen LogP contribution in [0.5, 0.6) is 0 Å². The van der Waals surface area contributed by atoms with E-state index in [1.807, 2.05) is 11.5 Å². The Morgan fingerprint density at radius 2 is 1.44 bits per heavy atom. The van der Waals surface area contributed by atoms with Crippen molar-refractivity contribution in [1.29, 1.82) is 0 Å². The van der Waals surface area contributed by atoms with Gasteiger partial charge in [-0.25, -0.2) is 25.3 Å². The van der Waals surface area contributed by atoms with Gasteiger partial charge in [0.2, 0.25) is 5.69 Å². The first-order valence-electron chi connectivity index (χ1n) is 16.9. The molecule has 2 unspecified atom stereocenters. The molecule has 1 aromatic rings. The van der Waals surface area contributed by atoms with Crippen LogP contribution >= 0.6 is 0 Å². The second kappa shape index (κ2) is 21.3. The zero-order valence-electron chi connectivity index (χ0n) is 31.8. The van der Waals surface area contributed by atoms with Crippen molar-refractivity contribution in [3.05, 3.63) is 59.8 Å². The third-order valence-electron chi connectivity index (χ3n) is 9.59. The van der Waals surface area contributed by atoms with Gasteiger partial charge in [-0.05, 0) is 77.5 Å². The molecule has 2 atom stereocenters. The molecule has 0 bridgehead atoms. The molecule has 0 aliphatic carbocycles. The van der Waals surface area contributed by atoms with Crippen LogP contribution < -0.4 is 59.1 Å². The van der Waals surface area contributed by atoms with E-state index in [9.17, 15) is 53.6 Å². The fourth-order valence-corrected chi connectivity index (χ4v) is 8.16. The Balaban J connectivity index is 0.00000756. The monoisotopic (exact) mass is 845 g/mol. The van der Waals surface area contributed by atoms with Gasteiger partial charge in [0.25, 0.3) is 0 Å². The van der Waals surface area contributed by atoms with E-state index in [4.69, 9.17) is 5.11 Å². The number of rotatable bonds is 21. The summed E-state index contributed by atoms with van der Waals surface area (Å²) in [6, 6.07) is 3.94. The summed E-state index contributed by atoms with van der Waals surface area (Å²) in [4.78, 5) is 22.0. The Kier molecular flexibility index (Phi) is 19.9. The largest absolute Gasteiger partial charge is 1.00 e. The average Bonchev–Trinajstić information content (AvgIpc) is 3.39. The summed E-state index contributed by atoms with van der Waals surface area (Å²) < 4.78 is 106. The molecule has 2 heterocycles. The fourth-order valence-electron chi connectivity index (χ4n) is 6.69. The van der Waals surface area contributed by atoms with Gasteiger partial charge in [0.1, 0.15) is 16.7 Å². The Morgan fingerprint density at radius 3 is 2.02 bits per heavy atom. The number of allylic oxidation sites excluding steroid dienone is 6. The van der Waals surface area contributed by atoms with Crippen molar-refractivity contribution >= 4 is 59.4 Å². The van der Waals surface area contributed by atoms with Crippen molar-refractivity contribution in [1.82, 2.24) is 5.01 Å². The van der Waals surface area contributed by atoms with Gasteiger partial charge in [0, 0.05) is 71.8 Å². The van der Waals surface area contributed by atoms with Gasteiger partial charge in [-0.1, -0.05) is 18.2 Å². The van der Waals surface area contributed by atoms with Crippen LogP contribution in [0.2, 0.25) is 0 Å². The Labute approximate surface area is 367 Å². The molecule has 0 saturated carbocycles. The van der Waals surface area contributed by atoms with Crippen molar-refractivity contribution in [3.63, 3.8) is 0 Å². The molecule has 0 saturated heterocycles. The van der Waals surface area contributed by atoms with Crippen molar-refractivity contribution in [2.24, 2.45) is 10.5 Å². The van der Waals surface area contributed by atoms with Crippen LogP contribution in [0, 0.1) is 5.41 Å². The van der Waals surface area contributed by atoms with Crippen LogP contribution in [0.1, 0.15) is 84.1 Å². The number of unbranched alkanes of at least 4 members (excludes halogenated alkanes) is 2.